The van der Waals surface area contributed by atoms with E-state index in [2.05, 4.69) is 10.3 Å². The molecule has 1 N–H and O–H groups in total. The fourth-order valence-electron chi connectivity index (χ4n) is 1.84. The Morgan fingerprint density at radius 1 is 1.38 bits per heavy atom. The van der Waals surface area contributed by atoms with Crippen LogP contribution in [0.3, 0.4) is 0 Å². The minimum absolute atomic E-state index is 0.0237. The van der Waals surface area contributed by atoms with Gasteiger partial charge in [-0.3, -0.25) is 4.79 Å². The molecule has 0 aliphatic carbocycles. The average molecular weight is 307 g/mol. The van der Waals surface area contributed by atoms with Crippen molar-refractivity contribution >= 4 is 17.5 Å². The van der Waals surface area contributed by atoms with E-state index in [0.717, 1.165) is 12.0 Å². The zero-order chi connectivity index (χ0) is 15.2. The highest BCUT2D eigenvalue weighted by molar-refractivity contribution is 6.30. The monoisotopic (exact) mass is 306 g/mol. The number of benzene rings is 1. The van der Waals surface area contributed by atoms with Crippen molar-refractivity contribution in [2.75, 3.05) is 0 Å². The van der Waals surface area contributed by atoms with Gasteiger partial charge in [-0.15, -0.1) is 0 Å². The van der Waals surface area contributed by atoms with E-state index in [1.165, 1.54) is 0 Å². The highest BCUT2D eigenvalue weighted by atomic mass is 35.5. The van der Waals surface area contributed by atoms with Gasteiger partial charge in [0.05, 0.1) is 6.20 Å². The molecular weight excluding hydrogens is 288 g/mol. The van der Waals surface area contributed by atoms with E-state index in [9.17, 15) is 4.79 Å². The largest absolute Gasteiger partial charge is 0.441 e. The van der Waals surface area contributed by atoms with Crippen molar-refractivity contribution in [3.63, 3.8) is 0 Å². The summed E-state index contributed by atoms with van der Waals surface area (Å²) < 4.78 is 5.66. The van der Waals surface area contributed by atoms with E-state index in [4.69, 9.17) is 16.0 Å². The minimum atomic E-state index is 0.0237. The summed E-state index contributed by atoms with van der Waals surface area (Å²) in [5, 5.41) is 3.60. The summed E-state index contributed by atoms with van der Waals surface area (Å²) in [5.74, 6) is 1.28. The minimum Gasteiger partial charge on any atom is -0.441 e. The van der Waals surface area contributed by atoms with E-state index in [1.807, 2.05) is 26.0 Å². The fraction of sp³-hybridized carbons (Fsp3) is 0.375. The summed E-state index contributed by atoms with van der Waals surface area (Å²) in [6.45, 7) is 4.03. The van der Waals surface area contributed by atoms with Gasteiger partial charge in [-0.05, 0) is 37.6 Å². The third kappa shape index (κ3) is 4.60. The van der Waals surface area contributed by atoms with Crippen LogP contribution in [0.5, 0.6) is 0 Å². The molecule has 0 spiro atoms. The number of halogens is 1. The topological polar surface area (TPSA) is 55.1 Å². The number of oxazole rings is 1. The molecule has 1 atom stereocenters. The Bertz CT molecular complexity index is 593. The molecule has 0 fully saturated rings. The van der Waals surface area contributed by atoms with Gasteiger partial charge in [-0.2, -0.15) is 0 Å². The summed E-state index contributed by atoms with van der Waals surface area (Å²) in [6, 6.07) is 7.56. The van der Waals surface area contributed by atoms with Crippen LogP contribution in [0, 0.1) is 0 Å². The van der Waals surface area contributed by atoms with Gasteiger partial charge >= 0.3 is 0 Å². The van der Waals surface area contributed by atoms with Crippen LogP contribution in [0.4, 0.5) is 0 Å². The first-order valence-corrected chi connectivity index (χ1v) is 7.46. The van der Waals surface area contributed by atoms with Crippen LogP contribution in [-0.2, 0) is 11.2 Å². The van der Waals surface area contributed by atoms with Crippen LogP contribution in [0.25, 0.3) is 11.3 Å². The van der Waals surface area contributed by atoms with Crippen molar-refractivity contribution in [2.24, 2.45) is 0 Å². The van der Waals surface area contributed by atoms with Gasteiger partial charge in [-0.1, -0.05) is 18.5 Å². The van der Waals surface area contributed by atoms with Gasteiger partial charge in [0.1, 0.15) is 0 Å². The first-order valence-electron chi connectivity index (χ1n) is 7.08. The molecule has 0 saturated carbocycles. The molecule has 112 valence electrons. The van der Waals surface area contributed by atoms with E-state index < -0.39 is 0 Å². The maximum Gasteiger partial charge on any atom is 0.220 e. The summed E-state index contributed by atoms with van der Waals surface area (Å²) in [5.41, 5.74) is 0.919. The molecular formula is C16H19ClN2O2. The van der Waals surface area contributed by atoms with Gasteiger partial charge < -0.3 is 9.73 Å². The zero-order valence-corrected chi connectivity index (χ0v) is 13.0. The van der Waals surface area contributed by atoms with Gasteiger partial charge in [0, 0.05) is 29.5 Å². The van der Waals surface area contributed by atoms with Crippen LogP contribution in [0.2, 0.25) is 5.02 Å². The molecule has 1 amide bonds. The van der Waals surface area contributed by atoms with Crippen LogP contribution in [0.1, 0.15) is 32.6 Å². The molecule has 1 aromatic carbocycles. The molecule has 4 nitrogen and oxygen atoms in total. The standard InChI is InChI=1S/C16H19ClN2O2/c1-3-11(2)19-15(20)8-9-16-18-10-14(21-16)12-4-6-13(17)7-5-12/h4-7,10-11H,3,8-9H2,1-2H3,(H,19,20)/t11-/m1/s1. The third-order valence-corrected chi connectivity index (χ3v) is 3.52. The quantitative estimate of drug-likeness (QED) is 0.882. The molecule has 0 unspecified atom stereocenters. The molecule has 0 aliphatic heterocycles. The zero-order valence-electron chi connectivity index (χ0n) is 12.2. The highest BCUT2D eigenvalue weighted by Gasteiger charge is 2.10. The summed E-state index contributed by atoms with van der Waals surface area (Å²) >= 11 is 5.85. The van der Waals surface area contributed by atoms with Gasteiger partial charge in [0.15, 0.2) is 11.7 Å². The highest BCUT2D eigenvalue weighted by Crippen LogP contribution is 2.22. The maximum absolute atomic E-state index is 11.7. The van der Waals surface area contributed by atoms with E-state index in [-0.39, 0.29) is 11.9 Å². The SMILES string of the molecule is CC[C@@H](C)NC(=O)CCc1ncc(-c2ccc(Cl)cc2)o1. The number of rotatable bonds is 6. The Morgan fingerprint density at radius 3 is 2.76 bits per heavy atom. The van der Waals surface area contributed by atoms with Gasteiger partial charge in [-0.25, -0.2) is 4.98 Å². The lowest BCUT2D eigenvalue weighted by atomic mass is 10.2. The van der Waals surface area contributed by atoms with Crippen molar-refractivity contribution in [3.8, 4) is 11.3 Å². The number of hydrogen-bond acceptors (Lipinski definition) is 3. The number of nitrogens with one attached hydrogen (secondary N) is 1. The number of carbonyl (C=O) groups is 1. The number of hydrogen-bond donors (Lipinski definition) is 1. The van der Waals surface area contributed by atoms with Gasteiger partial charge in [0.25, 0.3) is 0 Å². The molecule has 21 heavy (non-hydrogen) atoms. The molecule has 1 aromatic heterocycles. The van der Waals surface area contributed by atoms with Crippen molar-refractivity contribution in [2.45, 2.75) is 39.2 Å². The Kier molecular flexibility index (Phi) is 5.39. The second-order valence-corrected chi connectivity index (χ2v) is 5.44. The van der Waals surface area contributed by atoms with E-state index >= 15 is 0 Å². The lowest BCUT2D eigenvalue weighted by molar-refractivity contribution is -0.121. The smallest absolute Gasteiger partial charge is 0.220 e. The average Bonchev–Trinajstić information content (AvgIpc) is 2.94. The molecule has 2 aromatic rings. The molecule has 0 bridgehead atoms. The Balaban J connectivity index is 1.91. The molecule has 0 radical (unpaired) electrons. The van der Waals surface area contributed by atoms with Crippen molar-refractivity contribution in [1.82, 2.24) is 10.3 Å². The summed E-state index contributed by atoms with van der Waals surface area (Å²) in [6.07, 6.45) is 3.47. The number of aromatic nitrogens is 1. The van der Waals surface area contributed by atoms with Crippen LogP contribution < -0.4 is 5.32 Å². The third-order valence-electron chi connectivity index (χ3n) is 3.27. The predicted octanol–water partition coefficient (Wildman–Crippen LogP) is 3.84. The first kappa shape index (κ1) is 15.6. The van der Waals surface area contributed by atoms with E-state index in [0.29, 0.717) is 29.5 Å². The Morgan fingerprint density at radius 2 is 2.10 bits per heavy atom. The number of amides is 1. The summed E-state index contributed by atoms with van der Waals surface area (Å²) in [7, 11) is 0. The maximum atomic E-state index is 11.7. The fourth-order valence-corrected chi connectivity index (χ4v) is 1.97. The first-order chi connectivity index (χ1) is 10.1. The normalized spacial score (nSPS) is 12.1. The molecule has 0 aliphatic rings. The molecule has 5 heteroatoms. The van der Waals surface area contributed by atoms with E-state index in [1.54, 1.807) is 18.3 Å². The van der Waals surface area contributed by atoms with Crippen LogP contribution in [-0.4, -0.2) is 16.9 Å². The van der Waals surface area contributed by atoms with Gasteiger partial charge in [0.2, 0.25) is 5.91 Å². The lowest BCUT2D eigenvalue weighted by Crippen LogP contribution is -2.32. The second kappa shape index (κ2) is 7.27. The molecule has 0 saturated heterocycles. The lowest BCUT2D eigenvalue weighted by Gasteiger charge is -2.10. The number of carbonyl (C=O) groups excluding carboxylic acids is 1. The van der Waals surface area contributed by atoms with Crippen molar-refractivity contribution in [3.05, 3.63) is 41.4 Å². The molecule has 2 rings (SSSR count). The Hall–Kier alpha value is -1.81. The summed E-state index contributed by atoms with van der Waals surface area (Å²) in [4.78, 5) is 15.9. The number of nitrogens with zero attached hydrogens (tertiary/aromatic N) is 1. The second-order valence-electron chi connectivity index (χ2n) is 5.00. The van der Waals surface area contributed by atoms with Crippen LogP contribution >= 0.6 is 11.6 Å². The number of aryl methyl sites for hydroxylation is 1. The van der Waals surface area contributed by atoms with Crippen molar-refractivity contribution < 1.29 is 9.21 Å². The Labute approximate surface area is 129 Å². The van der Waals surface area contributed by atoms with Crippen molar-refractivity contribution in [1.29, 1.82) is 0 Å². The molecule has 1 heterocycles. The van der Waals surface area contributed by atoms with Crippen LogP contribution in [0.15, 0.2) is 34.9 Å². The predicted molar refractivity (Wildman–Crippen MR) is 83.2 cm³/mol.